The van der Waals surface area contributed by atoms with E-state index in [1.165, 1.54) is 11.1 Å². The van der Waals surface area contributed by atoms with Crippen LogP contribution in [0.5, 0.6) is 0 Å². The minimum atomic E-state index is 0. The van der Waals surface area contributed by atoms with E-state index in [1.54, 1.807) is 6.33 Å². The predicted octanol–water partition coefficient (Wildman–Crippen LogP) is 2.24. The van der Waals surface area contributed by atoms with Crippen molar-refractivity contribution in [3.8, 4) is 0 Å². The van der Waals surface area contributed by atoms with Gasteiger partial charge in [-0.25, -0.2) is 4.98 Å². The van der Waals surface area contributed by atoms with Crippen molar-refractivity contribution >= 4 is 18.2 Å². The Morgan fingerprint density at radius 2 is 2.20 bits per heavy atom. The SMILES string of the molecule is Cc1cccc(Cn2cnc(N)c2)c1.Cl. The molecule has 2 N–H and O–H groups in total. The van der Waals surface area contributed by atoms with Crippen molar-refractivity contribution < 1.29 is 0 Å². The first-order valence-corrected chi connectivity index (χ1v) is 4.57. The van der Waals surface area contributed by atoms with E-state index in [4.69, 9.17) is 5.73 Å². The Morgan fingerprint density at radius 3 is 2.80 bits per heavy atom. The van der Waals surface area contributed by atoms with Gasteiger partial charge in [0.05, 0.1) is 6.33 Å². The highest BCUT2D eigenvalue weighted by Crippen LogP contribution is 2.07. The van der Waals surface area contributed by atoms with Crippen LogP contribution in [0.15, 0.2) is 36.8 Å². The van der Waals surface area contributed by atoms with E-state index < -0.39 is 0 Å². The number of rotatable bonds is 2. The molecular formula is C11H14ClN3. The fraction of sp³-hybridized carbons (Fsp3) is 0.182. The highest BCUT2D eigenvalue weighted by Gasteiger charge is 1.96. The molecule has 0 radical (unpaired) electrons. The van der Waals surface area contributed by atoms with Gasteiger partial charge in [-0.15, -0.1) is 12.4 Å². The Balaban J connectivity index is 0.00000112. The maximum Gasteiger partial charge on any atom is 0.141 e. The van der Waals surface area contributed by atoms with Crippen molar-refractivity contribution in [2.24, 2.45) is 0 Å². The largest absolute Gasteiger partial charge is 0.382 e. The summed E-state index contributed by atoms with van der Waals surface area (Å²) in [6.07, 6.45) is 3.58. The lowest BCUT2D eigenvalue weighted by Crippen LogP contribution is -1.96. The van der Waals surface area contributed by atoms with Gasteiger partial charge in [0.2, 0.25) is 0 Å². The van der Waals surface area contributed by atoms with Crippen LogP contribution in [-0.4, -0.2) is 9.55 Å². The zero-order valence-corrected chi connectivity index (χ0v) is 9.37. The Hall–Kier alpha value is -1.48. The molecule has 80 valence electrons. The summed E-state index contributed by atoms with van der Waals surface area (Å²) in [7, 11) is 0. The first-order chi connectivity index (χ1) is 6.74. The summed E-state index contributed by atoms with van der Waals surface area (Å²) in [6.45, 7) is 2.91. The molecule has 1 aromatic carbocycles. The maximum atomic E-state index is 5.53. The summed E-state index contributed by atoms with van der Waals surface area (Å²) in [5.74, 6) is 0.567. The highest BCUT2D eigenvalue weighted by molar-refractivity contribution is 5.85. The molecule has 0 spiro atoms. The number of anilines is 1. The minimum absolute atomic E-state index is 0. The molecule has 1 aromatic heterocycles. The van der Waals surface area contributed by atoms with Gasteiger partial charge >= 0.3 is 0 Å². The van der Waals surface area contributed by atoms with Crippen molar-refractivity contribution in [2.45, 2.75) is 13.5 Å². The second-order valence-electron chi connectivity index (χ2n) is 3.46. The normalized spacial score (nSPS) is 9.67. The molecule has 0 fully saturated rings. The first-order valence-electron chi connectivity index (χ1n) is 4.57. The molecule has 0 saturated carbocycles. The number of benzene rings is 1. The molecule has 4 heteroatoms. The van der Waals surface area contributed by atoms with E-state index in [1.807, 2.05) is 10.8 Å². The lowest BCUT2D eigenvalue weighted by Gasteiger charge is -2.02. The van der Waals surface area contributed by atoms with Gasteiger partial charge in [0.1, 0.15) is 5.82 Å². The van der Waals surface area contributed by atoms with E-state index in [2.05, 4.69) is 36.2 Å². The monoisotopic (exact) mass is 223 g/mol. The first kappa shape index (κ1) is 11.6. The van der Waals surface area contributed by atoms with E-state index in [-0.39, 0.29) is 12.4 Å². The molecule has 0 unspecified atom stereocenters. The van der Waals surface area contributed by atoms with Gasteiger partial charge in [-0.2, -0.15) is 0 Å². The molecule has 1 heterocycles. The summed E-state index contributed by atoms with van der Waals surface area (Å²) in [5.41, 5.74) is 8.07. The van der Waals surface area contributed by atoms with Gasteiger partial charge in [0.15, 0.2) is 0 Å². The maximum absolute atomic E-state index is 5.53. The van der Waals surface area contributed by atoms with E-state index in [0.29, 0.717) is 5.82 Å². The zero-order valence-electron chi connectivity index (χ0n) is 8.55. The van der Waals surface area contributed by atoms with Crippen LogP contribution in [-0.2, 0) is 6.54 Å². The van der Waals surface area contributed by atoms with Crippen molar-refractivity contribution in [3.63, 3.8) is 0 Å². The molecule has 2 rings (SSSR count). The molecule has 2 aromatic rings. The third kappa shape index (κ3) is 2.99. The summed E-state index contributed by atoms with van der Waals surface area (Å²) in [6, 6.07) is 8.41. The topological polar surface area (TPSA) is 43.8 Å². The number of hydrogen-bond donors (Lipinski definition) is 1. The molecule has 0 amide bonds. The molecule has 3 nitrogen and oxygen atoms in total. The second-order valence-corrected chi connectivity index (χ2v) is 3.46. The van der Waals surface area contributed by atoms with Crippen LogP contribution in [0.25, 0.3) is 0 Å². The molecule has 0 atom stereocenters. The average molecular weight is 224 g/mol. The lowest BCUT2D eigenvalue weighted by molar-refractivity contribution is 0.797. The minimum Gasteiger partial charge on any atom is -0.382 e. The van der Waals surface area contributed by atoms with Gasteiger partial charge in [0, 0.05) is 12.7 Å². The Bertz CT molecular complexity index is 437. The molecule has 0 bridgehead atoms. The number of nitrogens with zero attached hydrogens (tertiary/aromatic N) is 2. The Morgan fingerprint density at radius 1 is 1.40 bits per heavy atom. The number of imidazole rings is 1. The Labute approximate surface area is 95.4 Å². The summed E-state index contributed by atoms with van der Waals surface area (Å²) in [5, 5.41) is 0. The number of aryl methyl sites for hydroxylation is 1. The van der Waals surface area contributed by atoms with Gasteiger partial charge in [-0.05, 0) is 12.5 Å². The van der Waals surface area contributed by atoms with Crippen molar-refractivity contribution in [3.05, 3.63) is 47.9 Å². The van der Waals surface area contributed by atoms with E-state index in [0.717, 1.165) is 6.54 Å². The van der Waals surface area contributed by atoms with Gasteiger partial charge in [-0.1, -0.05) is 29.8 Å². The third-order valence-corrected chi connectivity index (χ3v) is 2.10. The summed E-state index contributed by atoms with van der Waals surface area (Å²) < 4.78 is 1.98. The summed E-state index contributed by atoms with van der Waals surface area (Å²) >= 11 is 0. The molecule has 15 heavy (non-hydrogen) atoms. The molecule has 0 aliphatic carbocycles. The van der Waals surface area contributed by atoms with Crippen LogP contribution in [0.2, 0.25) is 0 Å². The van der Waals surface area contributed by atoms with Crippen LogP contribution < -0.4 is 5.73 Å². The van der Waals surface area contributed by atoms with E-state index >= 15 is 0 Å². The number of nitrogen functional groups attached to an aromatic ring is 1. The van der Waals surface area contributed by atoms with Gasteiger partial charge < -0.3 is 10.3 Å². The number of aromatic nitrogens is 2. The van der Waals surface area contributed by atoms with Gasteiger partial charge in [-0.3, -0.25) is 0 Å². The standard InChI is InChI=1S/C11H13N3.ClH/c1-9-3-2-4-10(5-9)6-14-7-11(12)13-8-14;/h2-5,7-8H,6,12H2,1H3;1H. The van der Waals surface area contributed by atoms with Crippen molar-refractivity contribution in [1.29, 1.82) is 0 Å². The van der Waals surface area contributed by atoms with Crippen LogP contribution in [0.3, 0.4) is 0 Å². The van der Waals surface area contributed by atoms with E-state index in [9.17, 15) is 0 Å². The van der Waals surface area contributed by atoms with Crippen LogP contribution in [0.4, 0.5) is 5.82 Å². The number of nitrogens with two attached hydrogens (primary N) is 1. The number of halogens is 1. The molecule has 0 saturated heterocycles. The smallest absolute Gasteiger partial charge is 0.141 e. The van der Waals surface area contributed by atoms with Crippen LogP contribution >= 0.6 is 12.4 Å². The number of hydrogen-bond acceptors (Lipinski definition) is 2. The fourth-order valence-corrected chi connectivity index (χ4v) is 1.49. The van der Waals surface area contributed by atoms with Crippen molar-refractivity contribution in [2.75, 3.05) is 5.73 Å². The van der Waals surface area contributed by atoms with Crippen LogP contribution in [0, 0.1) is 6.92 Å². The molecule has 0 aliphatic rings. The second kappa shape index (κ2) is 4.84. The quantitative estimate of drug-likeness (QED) is 0.849. The highest BCUT2D eigenvalue weighted by atomic mass is 35.5. The average Bonchev–Trinajstić information content (AvgIpc) is 2.51. The third-order valence-electron chi connectivity index (χ3n) is 2.10. The zero-order chi connectivity index (χ0) is 9.97. The lowest BCUT2D eigenvalue weighted by atomic mass is 10.1. The predicted molar refractivity (Wildman–Crippen MR) is 64.2 cm³/mol. The van der Waals surface area contributed by atoms with Crippen LogP contribution in [0.1, 0.15) is 11.1 Å². The molecular weight excluding hydrogens is 210 g/mol. The molecule has 0 aliphatic heterocycles. The Kier molecular flexibility index (Phi) is 3.74. The fourth-order valence-electron chi connectivity index (χ4n) is 1.49. The van der Waals surface area contributed by atoms with Gasteiger partial charge in [0.25, 0.3) is 0 Å². The van der Waals surface area contributed by atoms with Crippen molar-refractivity contribution in [1.82, 2.24) is 9.55 Å². The summed E-state index contributed by atoms with van der Waals surface area (Å²) in [4.78, 5) is 3.98.